The second-order valence-electron chi connectivity index (χ2n) is 5.01. The second-order valence-corrected chi connectivity index (χ2v) is 5.01. The summed E-state index contributed by atoms with van der Waals surface area (Å²) in [7, 11) is 1.80. The highest BCUT2D eigenvalue weighted by Crippen LogP contribution is 2.18. The van der Waals surface area contributed by atoms with Gasteiger partial charge in [0.05, 0.1) is 5.54 Å². The number of likely N-dealkylation sites (N-methyl/N-ethyl adjacent to an activating group) is 1. The Morgan fingerprint density at radius 3 is 2.47 bits per heavy atom. The molecule has 0 bridgehead atoms. The maximum atomic E-state index is 11.9. The summed E-state index contributed by atoms with van der Waals surface area (Å²) in [5.41, 5.74) is 5.36. The van der Waals surface area contributed by atoms with E-state index in [4.69, 9.17) is 5.73 Å². The Labute approximate surface area is 92.2 Å². The Kier molecular flexibility index (Phi) is 3.97. The van der Waals surface area contributed by atoms with E-state index in [0.29, 0.717) is 12.6 Å². The van der Waals surface area contributed by atoms with Gasteiger partial charge in [-0.25, -0.2) is 4.79 Å². The van der Waals surface area contributed by atoms with E-state index < -0.39 is 0 Å². The molecule has 1 saturated carbocycles. The normalized spacial score (nSPS) is 17.9. The fraction of sp³-hybridized carbons (Fsp3) is 0.909. The van der Waals surface area contributed by atoms with Gasteiger partial charge in [0.2, 0.25) is 0 Å². The van der Waals surface area contributed by atoms with Crippen molar-refractivity contribution in [1.29, 1.82) is 0 Å². The molecule has 2 amide bonds. The summed E-state index contributed by atoms with van der Waals surface area (Å²) in [5.74, 6) is 0. The van der Waals surface area contributed by atoms with Crippen LogP contribution in [0.1, 0.15) is 39.5 Å². The molecule has 0 aromatic rings. The van der Waals surface area contributed by atoms with Crippen LogP contribution < -0.4 is 11.1 Å². The summed E-state index contributed by atoms with van der Waals surface area (Å²) in [6.07, 6.45) is 4.69. The first-order valence-corrected chi connectivity index (χ1v) is 5.72. The molecule has 1 aliphatic carbocycles. The van der Waals surface area contributed by atoms with Crippen LogP contribution in [-0.4, -0.2) is 36.1 Å². The molecule has 88 valence electrons. The third-order valence-corrected chi connectivity index (χ3v) is 3.39. The number of hydrogen-bond acceptors (Lipinski definition) is 2. The van der Waals surface area contributed by atoms with E-state index in [1.54, 1.807) is 11.9 Å². The van der Waals surface area contributed by atoms with Crippen molar-refractivity contribution >= 4 is 6.03 Å². The van der Waals surface area contributed by atoms with Gasteiger partial charge in [-0.15, -0.1) is 0 Å². The molecule has 0 radical (unpaired) electrons. The van der Waals surface area contributed by atoms with Crippen molar-refractivity contribution in [2.75, 3.05) is 13.6 Å². The standard InChI is InChI=1S/C11H23N3O/c1-11(2,8-12)14(3)10(15)13-9-6-4-5-7-9/h9H,4-8,12H2,1-3H3,(H,13,15). The Morgan fingerprint density at radius 2 is 2.00 bits per heavy atom. The van der Waals surface area contributed by atoms with E-state index in [-0.39, 0.29) is 11.6 Å². The van der Waals surface area contributed by atoms with Crippen molar-refractivity contribution in [1.82, 2.24) is 10.2 Å². The quantitative estimate of drug-likeness (QED) is 0.742. The van der Waals surface area contributed by atoms with E-state index in [2.05, 4.69) is 5.32 Å². The Balaban J connectivity index is 2.45. The number of urea groups is 1. The van der Waals surface area contributed by atoms with Crippen molar-refractivity contribution in [2.24, 2.45) is 5.73 Å². The number of nitrogens with two attached hydrogens (primary N) is 1. The largest absolute Gasteiger partial charge is 0.335 e. The van der Waals surface area contributed by atoms with Crippen LogP contribution in [0, 0.1) is 0 Å². The highest BCUT2D eigenvalue weighted by atomic mass is 16.2. The molecule has 0 aromatic carbocycles. The lowest BCUT2D eigenvalue weighted by Gasteiger charge is -2.35. The SMILES string of the molecule is CN(C(=O)NC1CCCC1)C(C)(C)CN. The lowest BCUT2D eigenvalue weighted by atomic mass is 10.0. The first-order valence-electron chi connectivity index (χ1n) is 5.72. The predicted octanol–water partition coefficient (Wildman–Crippen LogP) is 1.31. The Morgan fingerprint density at radius 1 is 1.47 bits per heavy atom. The first kappa shape index (κ1) is 12.3. The average molecular weight is 213 g/mol. The van der Waals surface area contributed by atoms with Crippen LogP contribution in [0.5, 0.6) is 0 Å². The minimum atomic E-state index is -0.275. The van der Waals surface area contributed by atoms with Crippen LogP contribution in [0.4, 0.5) is 4.79 Å². The monoisotopic (exact) mass is 213 g/mol. The van der Waals surface area contributed by atoms with Gasteiger partial charge in [-0.1, -0.05) is 12.8 Å². The Hall–Kier alpha value is -0.770. The van der Waals surface area contributed by atoms with Gasteiger partial charge >= 0.3 is 6.03 Å². The molecule has 15 heavy (non-hydrogen) atoms. The van der Waals surface area contributed by atoms with Crippen LogP contribution in [0.2, 0.25) is 0 Å². The molecule has 0 aliphatic heterocycles. The second kappa shape index (κ2) is 4.84. The molecule has 1 fully saturated rings. The maximum Gasteiger partial charge on any atom is 0.317 e. The molecule has 0 atom stereocenters. The summed E-state index contributed by atoms with van der Waals surface area (Å²) in [4.78, 5) is 13.6. The zero-order valence-electron chi connectivity index (χ0n) is 10.0. The van der Waals surface area contributed by atoms with Gasteiger partial charge in [0.25, 0.3) is 0 Å². The molecule has 3 N–H and O–H groups in total. The zero-order chi connectivity index (χ0) is 11.5. The van der Waals surface area contributed by atoms with E-state index in [9.17, 15) is 4.79 Å². The molecular formula is C11H23N3O. The van der Waals surface area contributed by atoms with Gasteiger partial charge in [0.15, 0.2) is 0 Å². The fourth-order valence-corrected chi connectivity index (χ4v) is 1.75. The van der Waals surface area contributed by atoms with Gasteiger partial charge in [-0.3, -0.25) is 0 Å². The van der Waals surface area contributed by atoms with Crippen LogP contribution >= 0.6 is 0 Å². The van der Waals surface area contributed by atoms with E-state index in [1.165, 1.54) is 12.8 Å². The van der Waals surface area contributed by atoms with E-state index in [0.717, 1.165) is 12.8 Å². The maximum absolute atomic E-state index is 11.9. The molecule has 0 heterocycles. The highest BCUT2D eigenvalue weighted by molar-refractivity contribution is 5.75. The Bertz CT molecular complexity index is 222. The van der Waals surface area contributed by atoms with Crippen LogP contribution in [0.15, 0.2) is 0 Å². The molecule has 0 spiro atoms. The number of carbonyl (C=O) groups excluding carboxylic acids is 1. The van der Waals surface area contributed by atoms with E-state index >= 15 is 0 Å². The molecule has 0 saturated heterocycles. The highest BCUT2D eigenvalue weighted by Gasteiger charge is 2.27. The summed E-state index contributed by atoms with van der Waals surface area (Å²) >= 11 is 0. The topological polar surface area (TPSA) is 58.4 Å². The minimum Gasteiger partial charge on any atom is -0.335 e. The minimum absolute atomic E-state index is 0.00245. The number of rotatable bonds is 3. The van der Waals surface area contributed by atoms with Crippen molar-refractivity contribution in [2.45, 2.75) is 51.1 Å². The van der Waals surface area contributed by atoms with Crippen molar-refractivity contribution in [3.8, 4) is 0 Å². The molecular weight excluding hydrogens is 190 g/mol. The average Bonchev–Trinajstić information content (AvgIpc) is 2.69. The summed E-state index contributed by atoms with van der Waals surface area (Å²) in [6.45, 7) is 4.42. The first-order chi connectivity index (χ1) is 6.97. The van der Waals surface area contributed by atoms with Crippen molar-refractivity contribution < 1.29 is 4.79 Å². The van der Waals surface area contributed by atoms with Gasteiger partial charge in [0.1, 0.15) is 0 Å². The molecule has 1 rings (SSSR count). The molecule has 4 heteroatoms. The molecule has 0 aromatic heterocycles. The lowest BCUT2D eigenvalue weighted by Crippen LogP contribution is -2.54. The van der Waals surface area contributed by atoms with Crippen LogP contribution in [-0.2, 0) is 0 Å². The summed E-state index contributed by atoms with van der Waals surface area (Å²) in [5, 5.41) is 3.05. The van der Waals surface area contributed by atoms with Gasteiger partial charge < -0.3 is 16.0 Å². The third kappa shape index (κ3) is 3.09. The predicted molar refractivity (Wildman–Crippen MR) is 61.7 cm³/mol. The number of hydrogen-bond donors (Lipinski definition) is 2. The smallest absolute Gasteiger partial charge is 0.317 e. The number of carbonyl (C=O) groups is 1. The molecule has 4 nitrogen and oxygen atoms in total. The lowest BCUT2D eigenvalue weighted by molar-refractivity contribution is 0.156. The zero-order valence-corrected chi connectivity index (χ0v) is 10.0. The number of nitrogens with one attached hydrogen (secondary N) is 1. The third-order valence-electron chi connectivity index (χ3n) is 3.39. The summed E-state index contributed by atoms with van der Waals surface area (Å²) < 4.78 is 0. The van der Waals surface area contributed by atoms with Crippen LogP contribution in [0.25, 0.3) is 0 Å². The fourth-order valence-electron chi connectivity index (χ4n) is 1.75. The van der Waals surface area contributed by atoms with E-state index in [1.807, 2.05) is 13.8 Å². The number of nitrogens with zero attached hydrogens (tertiary/aromatic N) is 1. The van der Waals surface area contributed by atoms with Crippen LogP contribution in [0.3, 0.4) is 0 Å². The summed E-state index contributed by atoms with van der Waals surface area (Å²) in [6, 6.07) is 0.367. The van der Waals surface area contributed by atoms with Crippen molar-refractivity contribution in [3.05, 3.63) is 0 Å². The number of amides is 2. The molecule has 1 aliphatic rings. The van der Waals surface area contributed by atoms with Gasteiger partial charge in [0, 0.05) is 19.6 Å². The van der Waals surface area contributed by atoms with Gasteiger partial charge in [-0.05, 0) is 26.7 Å². The molecule has 0 unspecified atom stereocenters. The van der Waals surface area contributed by atoms with Gasteiger partial charge in [-0.2, -0.15) is 0 Å². The van der Waals surface area contributed by atoms with Crippen molar-refractivity contribution in [3.63, 3.8) is 0 Å².